The molecule has 3 rings (SSSR count). The van der Waals surface area contributed by atoms with Gasteiger partial charge in [-0.3, -0.25) is 9.59 Å². The van der Waals surface area contributed by atoms with Gasteiger partial charge in [0.2, 0.25) is 5.91 Å². The number of carbonyl (C=O) groups excluding carboxylic acids is 2. The Kier molecular flexibility index (Phi) is 5.16. The molecule has 1 aliphatic rings. The van der Waals surface area contributed by atoms with Crippen molar-refractivity contribution in [1.29, 1.82) is 0 Å². The minimum Gasteiger partial charge on any atom is -0.486 e. The smallest absolute Gasteiger partial charge is 0.253 e. The predicted octanol–water partition coefficient (Wildman–Crippen LogP) is 1.73. The van der Waals surface area contributed by atoms with Gasteiger partial charge in [-0.25, -0.2) is 0 Å². The molecule has 1 aromatic carbocycles. The molecule has 2 heterocycles. The van der Waals surface area contributed by atoms with Crippen molar-refractivity contribution in [1.82, 2.24) is 15.2 Å². The van der Waals surface area contributed by atoms with Gasteiger partial charge in [-0.2, -0.15) is 0 Å². The number of nitrogens with one attached hydrogen (secondary N) is 2. The van der Waals surface area contributed by atoms with Crippen LogP contribution in [0, 0.1) is 13.8 Å². The SMILES string of the molecule is CCNC(=O)CNC(=O)c1cc(C)n(-c2ccc3c(c2)OCCO3)c1C. The van der Waals surface area contributed by atoms with Gasteiger partial charge in [0.15, 0.2) is 11.5 Å². The highest BCUT2D eigenvalue weighted by Crippen LogP contribution is 2.33. The summed E-state index contributed by atoms with van der Waals surface area (Å²) in [5.74, 6) is 0.945. The Bertz CT molecular complexity index is 842. The summed E-state index contributed by atoms with van der Waals surface area (Å²) < 4.78 is 13.2. The van der Waals surface area contributed by atoms with Crippen LogP contribution in [0.25, 0.3) is 5.69 Å². The minimum atomic E-state index is -0.270. The lowest BCUT2D eigenvalue weighted by Gasteiger charge is -2.20. The Morgan fingerprint density at radius 1 is 1.08 bits per heavy atom. The Hall–Kier alpha value is -2.96. The molecule has 0 unspecified atom stereocenters. The lowest BCUT2D eigenvalue weighted by Crippen LogP contribution is -2.36. The van der Waals surface area contributed by atoms with Crippen molar-refractivity contribution in [2.75, 3.05) is 26.3 Å². The van der Waals surface area contributed by atoms with E-state index in [1.165, 1.54) is 0 Å². The third-order valence-corrected chi connectivity index (χ3v) is 4.24. The van der Waals surface area contributed by atoms with E-state index >= 15 is 0 Å². The molecule has 1 aliphatic heterocycles. The fourth-order valence-electron chi connectivity index (χ4n) is 3.08. The van der Waals surface area contributed by atoms with E-state index in [-0.39, 0.29) is 18.4 Å². The van der Waals surface area contributed by atoms with Gasteiger partial charge in [0.1, 0.15) is 13.2 Å². The Balaban J connectivity index is 1.84. The van der Waals surface area contributed by atoms with Crippen LogP contribution in [-0.2, 0) is 4.79 Å². The average molecular weight is 357 g/mol. The number of fused-ring (bicyclic) bond motifs is 1. The van der Waals surface area contributed by atoms with Crippen molar-refractivity contribution in [2.24, 2.45) is 0 Å². The van der Waals surface area contributed by atoms with Crippen LogP contribution >= 0.6 is 0 Å². The number of benzene rings is 1. The zero-order valence-electron chi connectivity index (χ0n) is 15.2. The quantitative estimate of drug-likeness (QED) is 0.854. The molecule has 1 aromatic heterocycles. The molecule has 0 atom stereocenters. The van der Waals surface area contributed by atoms with Crippen LogP contribution in [0.3, 0.4) is 0 Å². The van der Waals surface area contributed by atoms with Crippen molar-refractivity contribution in [2.45, 2.75) is 20.8 Å². The van der Waals surface area contributed by atoms with Crippen molar-refractivity contribution in [3.8, 4) is 17.2 Å². The van der Waals surface area contributed by atoms with Gasteiger partial charge in [0.25, 0.3) is 5.91 Å². The number of amides is 2. The molecule has 0 radical (unpaired) electrons. The first-order chi connectivity index (χ1) is 12.5. The zero-order valence-corrected chi connectivity index (χ0v) is 15.2. The van der Waals surface area contributed by atoms with E-state index in [4.69, 9.17) is 9.47 Å². The van der Waals surface area contributed by atoms with E-state index in [0.717, 1.165) is 22.8 Å². The Morgan fingerprint density at radius 2 is 1.81 bits per heavy atom. The molecule has 2 aromatic rings. The van der Waals surface area contributed by atoms with Crippen LogP contribution in [-0.4, -0.2) is 42.7 Å². The summed E-state index contributed by atoms with van der Waals surface area (Å²) in [6.07, 6.45) is 0. The summed E-state index contributed by atoms with van der Waals surface area (Å²) in [5.41, 5.74) is 3.16. The highest BCUT2D eigenvalue weighted by molar-refractivity contribution is 5.97. The molecule has 7 heteroatoms. The first-order valence-electron chi connectivity index (χ1n) is 8.65. The van der Waals surface area contributed by atoms with Crippen molar-refractivity contribution < 1.29 is 19.1 Å². The van der Waals surface area contributed by atoms with Crippen molar-refractivity contribution in [3.05, 3.63) is 41.2 Å². The second-order valence-corrected chi connectivity index (χ2v) is 6.08. The van der Waals surface area contributed by atoms with E-state index < -0.39 is 0 Å². The molecule has 138 valence electrons. The van der Waals surface area contributed by atoms with E-state index in [1.54, 1.807) is 0 Å². The molecule has 0 bridgehead atoms. The normalized spacial score (nSPS) is 12.6. The van der Waals surface area contributed by atoms with Gasteiger partial charge in [-0.1, -0.05) is 0 Å². The minimum absolute atomic E-state index is 0.0413. The summed E-state index contributed by atoms with van der Waals surface area (Å²) in [4.78, 5) is 24.0. The molecule has 0 fully saturated rings. The number of ether oxygens (including phenoxy) is 2. The number of aromatic nitrogens is 1. The molecule has 26 heavy (non-hydrogen) atoms. The monoisotopic (exact) mass is 357 g/mol. The standard InChI is InChI=1S/C19H23N3O4/c1-4-20-18(23)11-21-19(24)15-9-12(2)22(13(15)3)14-5-6-16-17(10-14)26-8-7-25-16/h5-6,9-10H,4,7-8,11H2,1-3H3,(H,20,23)(H,21,24). The van der Waals surface area contributed by atoms with E-state index in [9.17, 15) is 9.59 Å². The van der Waals surface area contributed by atoms with E-state index in [0.29, 0.717) is 31.1 Å². The number of carbonyl (C=O) groups is 2. The molecule has 7 nitrogen and oxygen atoms in total. The third kappa shape index (κ3) is 3.51. The maximum absolute atomic E-state index is 12.5. The highest BCUT2D eigenvalue weighted by atomic mass is 16.6. The fourth-order valence-corrected chi connectivity index (χ4v) is 3.08. The van der Waals surface area contributed by atoms with Gasteiger partial charge in [0.05, 0.1) is 12.1 Å². The largest absolute Gasteiger partial charge is 0.486 e. The number of hydrogen-bond donors (Lipinski definition) is 2. The number of nitrogens with zero attached hydrogens (tertiary/aromatic N) is 1. The van der Waals surface area contributed by atoms with Gasteiger partial charge >= 0.3 is 0 Å². The van der Waals surface area contributed by atoms with Gasteiger partial charge < -0.3 is 24.7 Å². The summed E-state index contributed by atoms with van der Waals surface area (Å²) in [6.45, 7) is 7.21. The number of aryl methyl sites for hydroxylation is 1. The fraction of sp³-hybridized carbons (Fsp3) is 0.368. The Labute approximate surface area is 152 Å². The highest BCUT2D eigenvalue weighted by Gasteiger charge is 2.19. The second-order valence-electron chi connectivity index (χ2n) is 6.08. The summed E-state index contributed by atoms with van der Waals surface area (Å²) >= 11 is 0. The van der Waals surface area contributed by atoms with Crippen LogP contribution < -0.4 is 20.1 Å². The second kappa shape index (κ2) is 7.51. The van der Waals surface area contributed by atoms with Crippen molar-refractivity contribution in [3.63, 3.8) is 0 Å². The molecule has 0 spiro atoms. The molecule has 0 aliphatic carbocycles. The molecule has 2 N–H and O–H groups in total. The molecule has 0 saturated heterocycles. The van der Waals surface area contributed by atoms with Crippen LogP contribution in [0.5, 0.6) is 11.5 Å². The molecular formula is C19H23N3O4. The zero-order chi connectivity index (χ0) is 18.7. The summed E-state index contributed by atoms with van der Waals surface area (Å²) in [5, 5.41) is 5.31. The molecule has 2 amide bonds. The first kappa shape index (κ1) is 17.8. The van der Waals surface area contributed by atoms with Crippen LogP contribution in [0.2, 0.25) is 0 Å². The van der Waals surface area contributed by atoms with Crippen LogP contribution in [0.15, 0.2) is 24.3 Å². The Morgan fingerprint density at radius 3 is 2.54 bits per heavy atom. The van der Waals surface area contributed by atoms with Crippen molar-refractivity contribution >= 4 is 11.8 Å². The molecular weight excluding hydrogens is 334 g/mol. The number of likely N-dealkylation sites (N-methyl/N-ethyl adjacent to an activating group) is 1. The maximum Gasteiger partial charge on any atom is 0.253 e. The summed E-state index contributed by atoms with van der Waals surface area (Å²) in [7, 11) is 0. The van der Waals surface area contributed by atoms with Gasteiger partial charge in [-0.05, 0) is 39.0 Å². The van der Waals surface area contributed by atoms with E-state index in [2.05, 4.69) is 10.6 Å². The molecule has 0 saturated carbocycles. The topological polar surface area (TPSA) is 81.6 Å². The summed E-state index contributed by atoms with van der Waals surface area (Å²) in [6, 6.07) is 7.53. The maximum atomic E-state index is 12.5. The number of rotatable bonds is 5. The van der Waals surface area contributed by atoms with Crippen LogP contribution in [0.4, 0.5) is 0 Å². The van der Waals surface area contributed by atoms with Gasteiger partial charge in [-0.15, -0.1) is 0 Å². The first-order valence-corrected chi connectivity index (χ1v) is 8.65. The lowest BCUT2D eigenvalue weighted by atomic mass is 10.2. The van der Waals surface area contributed by atoms with Crippen LogP contribution in [0.1, 0.15) is 28.7 Å². The van der Waals surface area contributed by atoms with Gasteiger partial charge in [0, 0.05) is 29.7 Å². The third-order valence-electron chi connectivity index (χ3n) is 4.24. The average Bonchev–Trinajstić information content (AvgIpc) is 2.94. The number of hydrogen-bond acceptors (Lipinski definition) is 4. The van der Waals surface area contributed by atoms with E-state index in [1.807, 2.05) is 49.6 Å². The lowest BCUT2D eigenvalue weighted by molar-refractivity contribution is -0.120. The predicted molar refractivity (Wildman–Crippen MR) is 97.2 cm³/mol.